The maximum atomic E-state index is 10.4. The number of hydrogen-bond acceptors (Lipinski definition) is 4. The normalized spacial score (nSPS) is 12.1. The summed E-state index contributed by atoms with van der Waals surface area (Å²) < 4.78 is 15.6. The zero-order valence-electron chi connectivity index (χ0n) is 8.04. The van der Waals surface area contributed by atoms with Crippen molar-refractivity contribution < 1.29 is 18.7 Å². The SMILES string of the molecule is CCCCOCc1oc(C=O)c2c1O2. The number of rotatable bonds is 6. The molecule has 14 heavy (non-hydrogen) atoms. The van der Waals surface area contributed by atoms with Gasteiger partial charge in [0.2, 0.25) is 17.3 Å². The van der Waals surface area contributed by atoms with Crippen molar-refractivity contribution in [1.82, 2.24) is 0 Å². The average Bonchev–Trinajstić information content (AvgIpc) is 2.92. The molecule has 0 atom stereocenters. The molecule has 4 nitrogen and oxygen atoms in total. The van der Waals surface area contributed by atoms with Crippen molar-refractivity contribution in [3.63, 3.8) is 0 Å². The molecule has 0 radical (unpaired) electrons. The molecule has 2 heterocycles. The van der Waals surface area contributed by atoms with Gasteiger partial charge in [-0.05, 0) is 6.42 Å². The summed E-state index contributed by atoms with van der Waals surface area (Å²) in [6.07, 6.45) is 2.79. The van der Waals surface area contributed by atoms with Gasteiger partial charge < -0.3 is 13.9 Å². The van der Waals surface area contributed by atoms with E-state index in [0.29, 0.717) is 36.8 Å². The molecule has 0 aromatic carbocycles. The van der Waals surface area contributed by atoms with Crippen molar-refractivity contribution >= 4 is 6.29 Å². The highest BCUT2D eigenvalue weighted by Crippen LogP contribution is 2.52. The van der Waals surface area contributed by atoms with Crippen LogP contribution in [-0.4, -0.2) is 12.9 Å². The first-order chi connectivity index (χ1) is 6.86. The second-order valence-electron chi connectivity index (χ2n) is 3.17. The predicted octanol–water partition coefficient (Wildman–Crippen LogP) is 2.51. The standard InChI is InChI=1S/C10H12O4/c1-2-3-4-12-6-8-10-9(14-10)7(5-11)13-8/h5H,2-4,6H2,1H3. The topological polar surface area (TPSA) is 52.0 Å². The molecule has 0 saturated carbocycles. The van der Waals surface area contributed by atoms with Gasteiger partial charge >= 0.3 is 0 Å². The molecule has 0 aliphatic carbocycles. The number of hydrogen-bond donors (Lipinski definition) is 0. The van der Waals surface area contributed by atoms with Crippen LogP contribution in [0.15, 0.2) is 4.42 Å². The number of carbonyl (C=O) groups is 1. The summed E-state index contributed by atoms with van der Waals surface area (Å²) >= 11 is 0. The maximum absolute atomic E-state index is 10.4. The number of ether oxygens (including phenoxy) is 2. The Morgan fingerprint density at radius 3 is 2.93 bits per heavy atom. The fraction of sp³-hybridized carbons (Fsp3) is 0.500. The molecule has 0 N–H and O–H groups in total. The summed E-state index contributed by atoms with van der Waals surface area (Å²) in [5.41, 5.74) is 0. The third-order valence-corrected chi connectivity index (χ3v) is 2.06. The lowest BCUT2D eigenvalue weighted by Gasteiger charge is -1.99. The van der Waals surface area contributed by atoms with Crippen molar-refractivity contribution in [1.29, 1.82) is 0 Å². The van der Waals surface area contributed by atoms with Crippen LogP contribution >= 0.6 is 0 Å². The van der Waals surface area contributed by atoms with E-state index in [1.54, 1.807) is 0 Å². The minimum atomic E-state index is 0.272. The molecular formula is C10H12O4. The third kappa shape index (κ3) is 1.65. The lowest BCUT2D eigenvalue weighted by atomic mass is 10.4. The van der Waals surface area contributed by atoms with Crippen LogP contribution in [0.5, 0.6) is 11.5 Å². The van der Waals surface area contributed by atoms with E-state index >= 15 is 0 Å². The Kier molecular flexibility index (Phi) is 2.54. The van der Waals surface area contributed by atoms with Crippen LogP contribution in [0.2, 0.25) is 0 Å². The van der Waals surface area contributed by atoms with Gasteiger partial charge in [0, 0.05) is 6.61 Å². The van der Waals surface area contributed by atoms with E-state index in [1.165, 1.54) is 0 Å². The summed E-state index contributed by atoms with van der Waals surface area (Å²) in [5.74, 6) is 2.16. The van der Waals surface area contributed by atoms with Crippen molar-refractivity contribution in [3.05, 3.63) is 11.5 Å². The van der Waals surface area contributed by atoms with Gasteiger partial charge in [-0.1, -0.05) is 13.3 Å². The first kappa shape index (κ1) is 9.27. The summed E-state index contributed by atoms with van der Waals surface area (Å²) in [4.78, 5) is 10.4. The smallest absolute Gasteiger partial charge is 0.219 e. The highest BCUT2D eigenvalue weighted by molar-refractivity contribution is 5.82. The van der Waals surface area contributed by atoms with E-state index in [2.05, 4.69) is 6.92 Å². The predicted molar refractivity (Wildman–Crippen MR) is 48.7 cm³/mol. The van der Waals surface area contributed by atoms with Gasteiger partial charge in [0.15, 0.2) is 12.0 Å². The van der Waals surface area contributed by atoms with Gasteiger partial charge in [-0.3, -0.25) is 4.79 Å². The molecule has 0 fully saturated rings. The van der Waals surface area contributed by atoms with Crippen molar-refractivity contribution in [2.24, 2.45) is 0 Å². The molecule has 0 spiro atoms. The zero-order valence-corrected chi connectivity index (χ0v) is 8.04. The van der Waals surface area contributed by atoms with Crippen LogP contribution in [0.4, 0.5) is 0 Å². The molecule has 1 aromatic heterocycles. The van der Waals surface area contributed by atoms with Gasteiger partial charge in [-0.2, -0.15) is 0 Å². The lowest BCUT2D eigenvalue weighted by Crippen LogP contribution is -1.94. The van der Waals surface area contributed by atoms with Gasteiger partial charge in [0.1, 0.15) is 6.61 Å². The second kappa shape index (κ2) is 3.84. The summed E-state index contributed by atoms with van der Waals surface area (Å²) in [5, 5.41) is 0. The molecular weight excluding hydrogens is 184 g/mol. The van der Waals surface area contributed by atoms with Gasteiger partial charge in [0.05, 0.1) is 0 Å². The monoisotopic (exact) mass is 196 g/mol. The number of furan rings is 1. The van der Waals surface area contributed by atoms with Crippen LogP contribution in [-0.2, 0) is 11.3 Å². The van der Waals surface area contributed by atoms with Crippen molar-refractivity contribution in [3.8, 4) is 11.5 Å². The Morgan fingerprint density at radius 2 is 2.29 bits per heavy atom. The minimum absolute atomic E-state index is 0.272. The van der Waals surface area contributed by atoms with E-state index in [9.17, 15) is 4.79 Å². The summed E-state index contributed by atoms with van der Waals surface area (Å²) in [6.45, 7) is 3.20. The first-order valence-electron chi connectivity index (χ1n) is 4.73. The Hall–Kier alpha value is -1.29. The number of unbranched alkanes of at least 4 members (excludes halogenated alkanes) is 1. The third-order valence-electron chi connectivity index (χ3n) is 2.06. The Bertz CT molecular complexity index is 340. The largest absolute Gasteiger partial charge is 0.448 e. The van der Waals surface area contributed by atoms with Crippen molar-refractivity contribution in [2.75, 3.05) is 6.61 Å². The van der Waals surface area contributed by atoms with E-state index in [1.807, 2.05) is 0 Å². The average molecular weight is 196 g/mol. The van der Waals surface area contributed by atoms with Gasteiger partial charge in [0.25, 0.3) is 0 Å². The quantitative estimate of drug-likeness (QED) is 0.404. The lowest BCUT2D eigenvalue weighted by molar-refractivity contribution is 0.0975. The number of fused-ring (bicyclic) bond motifs is 1. The second-order valence-corrected chi connectivity index (χ2v) is 3.17. The summed E-state index contributed by atoms with van der Waals surface area (Å²) in [6, 6.07) is 0. The van der Waals surface area contributed by atoms with Crippen LogP contribution in [0.1, 0.15) is 36.1 Å². The van der Waals surface area contributed by atoms with E-state index in [0.717, 1.165) is 12.8 Å². The molecule has 76 valence electrons. The number of carbonyl (C=O) groups excluding carboxylic acids is 1. The van der Waals surface area contributed by atoms with Crippen LogP contribution in [0.25, 0.3) is 0 Å². The molecule has 0 saturated heterocycles. The molecule has 0 bridgehead atoms. The molecule has 1 aliphatic heterocycles. The van der Waals surface area contributed by atoms with E-state index < -0.39 is 0 Å². The molecule has 2 rings (SSSR count). The molecule has 0 amide bonds. The molecule has 1 aliphatic rings. The van der Waals surface area contributed by atoms with Crippen molar-refractivity contribution in [2.45, 2.75) is 26.4 Å². The fourth-order valence-corrected chi connectivity index (χ4v) is 1.23. The van der Waals surface area contributed by atoms with E-state index in [4.69, 9.17) is 13.9 Å². The maximum Gasteiger partial charge on any atom is 0.219 e. The minimum Gasteiger partial charge on any atom is -0.448 e. The van der Waals surface area contributed by atoms with Gasteiger partial charge in [-0.25, -0.2) is 0 Å². The molecule has 1 aromatic rings. The highest BCUT2D eigenvalue weighted by Gasteiger charge is 2.35. The van der Waals surface area contributed by atoms with Gasteiger partial charge in [-0.15, -0.1) is 0 Å². The fourth-order valence-electron chi connectivity index (χ4n) is 1.23. The zero-order chi connectivity index (χ0) is 9.97. The molecule has 4 heteroatoms. The molecule has 0 unspecified atom stereocenters. The van der Waals surface area contributed by atoms with Crippen LogP contribution in [0, 0.1) is 0 Å². The number of aldehydes is 1. The Labute approximate surface area is 81.8 Å². The van der Waals surface area contributed by atoms with Crippen LogP contribution < -0.4 is 4.74 Å². The van der Waals surface area contributed by atoms with Crippen LogP contribution in [0.3, 0.4) is 0 Å². The Morgan fingerprint density at radius 1 is 1.43 bits per heavy atom. The first-order valence-corrected chi connectivity index (χ1v) is 4.73. The highest BCUT2D eigenvalue weighted by atomic mass is 16.6. The summed E-state index contributed by atoms with van der Waals surface area (Å²) in [7, 11) is 0. The van der Waals surface area contributed by atoms with E-state index in [-0.39, 0.29) is 5.76 Å². The Balaban J connectivity index is 1.86.